The lowest BCUT2D eigenvalue weighted by atomic mass is 9.99. The predicted molar refractivity (Wildman–Crippen MR) is 124 cm³/mol. The van der Waals surface area contributed by atoms with Crippen LogP contribution in [-0.4, -0.2) is 163 Å². The van der Waals surface area contributed by atoms with Crippen molar-refractivity contribution in [2.24, 2.45) is 0 Å². The van der Waals surface area contributed by atoms with Gasteiger partial charge in [-0.05, 0) is 0 Å². The maximum absolute atomic E-state index is 10.4. The highest BCUT2D eigenvalue weighted by Gasteiger charge is 2.46. The van der Waals surface area contributed by atoms with Gasteiger partial charge in [0.1, 0.15) is 60.8 Å². The van der Waals surface area contributed by atoms with E-state index in [-0.39, 0.29) is 18.5 Å². The van der Waals surface area contributed by atoms with Crippen molar-refractivity contribution in [2.75, 3.05) is 53.6 Å². The van der Waals surface area contributed by atoms with E-state index in [1.165, 1.54) is 28.4 Å². The molecule has 17 heteroatoms. The molecule has 2 rings (SSSR count). The van der Waals surface area contributed by atoms with Crippen LogP contribution in [0.1, 0.15) is 0 Å². The Labute approximate surface area is 221 Å². The van der Waals surface area contributed by atoms with Gasteiger partial charge in [-0.2, -0.15) is 0 Å². The molecule has 0 aromatic rings. The number of carbonyl (C=O) groups is 2. The second-order valence-electron chi connectivity index (χ2n) is 7.62. The van der Waals surface area contributed by atoms with Crippen LogP contribution in [0.3, 0.4) is 0 Å². The van der Waals surface area contributed by atoms with Crippen molar-refractivity contribution in [1.29, 1.82) is 0 Å². The van der Waals surface area contributed by atoms with Gasteiger partial charge in [0.2, 0.25) is 0 Å². The van der Waals surface area contributed by atoms with Crippen molar-refractivity contribution in [3.05, 3.63) is 0 Å². The molecular weight excluding hydrogens is 576 g/mol. The van der Waals surface area contributed by atoms with Crippen LogP contribution >= 0.6 is 15.9 Å². The van der Waals surface area contributed by atoms with Gasteiger partial charge in [-0.1, -0.05) is 15.9 Å². The van der Waals surface area contributed by atoms with Crippen LogP contribution in [0.4, 0.5) is 0 Å². The molecule has 7 N–H and O–H groups in total. The minimum Gasteiger partial charge on any atom is -0.481 e. The minimum absolute atomic E-state index is 0.0347. The molecule has 0 aromatic carbocycles. The van der Waals surface area contributed by atoms with Crippen LogP contribution in [-0.2, 0) is 42.7 Å². The quantitative estimate of drug-likeness (QED) is 0.120. The Balaban J connectivity index is 0.000000605. The fraction of sp³-hybridized carbons (Fsp3) is 0.900. The van der Waals surface area contributed by atoms with Crippen molar-refractivity contribution in [3.63, 3.8) is 0 Å². The van der Waals surface area contributed by atoms with Gasteiger partial charge in [0, 0.05) is 28.4 Å². The number of aliphatic carboxylic acids is 2. The summed E-state index contributed by atoms with van der Waals surface area (Å²) in [7, 11) is 5.55. The van der Waals surface area contributed by atoms with E-state index in [9.17, 15) is 35.1 Å². The van der Waals surface area contributed by atoms with E-state index in [0.29, 0.717) is 0 Å². The molecule has 2 aliphatic heterocycles. The van der Waals surface area contributed by atoms with Crippen molar-refractivity contribution in [1.82, 2.24) is 0 Å². The van der Waals surface area contributed by atoms with Crippen LogP contribution in [0, 0.1) is 0 Å². The Morgan fingerprint density at radius 3 is 1.51 bits per heavy atom. The third-order valence-electron chi connectivity index (χ3n) is 4.95. The number of carboxylic acid groups (broad SMARTS) is 2. The summed E-state index contributed by atoms with van der Waals surface area (Å²) in [5.74, 6) is -2.02. The van der Waals surface area contributed by atoms with Gasteiger partial charge in [-0.15, -0.1) is 0 Å². The molecule has 10 unspecified atom stereocenters. The van der Waals surface area contributed by atoms with E-state index in [4.69, 9.17) is 43.4 Å². The van der Waals surface area contributed by atoms with E-state index < -0.39 is 80.0 Å². The number of hydrogen-bond donors (Lipinski definition) is 7. The van der Waals surface area contributed by atoms with Gasteiger partial charge in [-0.3, -0.25) is 4.79 Å². The third-order valence-corrected chi connectivity index (χ3v) is 5.43. The van der Waals surface area contributed by atoms with Crippen LogP contribution < -0.4 is 0 Å². The maximum Gasteiger partial charge on any atom is 0.329 e. The van der Waals surface area contributed by atoms with E-state index >= 15 is 0 Å². The third kappa shape index (κ3) is 12.1. The lowest BCUT2D eigenvalue weighted by Crippen LogP contribution is -2.60. The number of rotatable bonds is 10. The van der Waals surface area contributed by atoms with Crippen LogP contribution in [0.15, 0.2) is 0 Å². The first-order valence-electron chi connectivity index (χ1n) is 10.8. The monoisotopic (exact) mass is 612 g/mol. The van der Waals surface area contributed by atoms with Gasteiger partial charge in [-0.25, -0.2) is 4.79 Å². The molecular formula is C20H37BrO16. The summed E-state index contributed by atoms with van der Waals surface area (Å²) in [6.45, 7) is -0.430. The zero-order valence-electron chi connectivity index (χ0n) is 20.8. The molecule has 2 saturated heterocycles. The molecule has 0 amide bonds. The highest BCUT2D eigenvalue weighted by Crippen LogP contribution is 2.24. The molecule has 2 aliphatic rings. The number of methoxy groups -OCH3 is 4. The Bertz CT molecular complexity index is 637. The Kier molecular flexibility index (Phi) is 18.5. The average Bonchev–Trinajstić information content (AvgIpc) is 2.86. The maximum atomic E-state index is 10.4. The van der Waals surface area contributed by atoms with E-state index in [1.807, 2.05) is 0 Å². The first kappa shape index (κ1) is 35.9. The normalized spacial score (nSPS) is 35.4. The van der Waals surface area contributed by atoms with Gasteiger partial charge in [0.25, 0.3) is 0 Å². The highest BCUT2D eigenvalue weighted by atomic mass is 79.9. The van der Waals surface area contributed by atoms with Crippen molar-refractivity contribution < 1.29 is 78.5 Å². The highest BCUT2D eigenvalue weighted by molar-refractivity contribution is 9.09. The van der Waals surface area contributed by atoms with Gasteiger partial charge < -0.3 is 68.9 Å². The first-order chi connectivity index (χ1) is 17.4. The number of halogens is 1. The summed E-state index contributed by atoms with van der Waals surface area (Å²) in [4.78, 5) is 19.8. The van der Waals surface area contributed by atoms with E-state index in [0.717, 1.165) is 0 Å². The second-order valence-corrected chi connectivity index (χ2v) is 8.18. The Morgan fingerprint density at radius 2 is 1.14 bits per heavy atom. The molecule has 2 fully saturated rings. The van der Waals surface area contributed by atoms with E-state index in [2.05, 4.69) is 15.9 Å². The Hall–Kier alpha value is -1.06. The molecule has 0 bridgehead atoms. The fourth-order valence-corrected chi connectivity index (χ4v) is 3.18. The molecule has 0 spiro atoms. The molecule has 220 valence electrons. The summed E-state index contributed by atoms with van der Waals surface area (Å²) >= 11 is 2.71. The number of alkyl halides is 1. The summed E-state index contributed by atoms with van der Waals surface area (Å²) in [6.07, 6.45) is -10.7. The van der Waals surface area contributed by atoms with Gasteiger partial charge in [0.15, 0.2) is 12.6 Å². The smallest absolute Gasteiger partial charge is 0.329 e. The van der Waals surface area contributed by atoms with Crippen molar-refractivity contribution in [2.45, 2.75) is 61.4 Å². The number of aliphatic hydroxyl groups is 5. The topological polar surface area (TPSA) is 240 Å². The van der Waals surface area contributed by atoms with E-state index in [1.54, 1.807) is 0 Å². The van der Waals surface area contributed by atoms with Crippen molar-refractivity contribution in [3.8, 4) is 0 Å². The molecule has 0 saturated carbocycles. The number of carboxylic acids is 2. The van der Waals surface area contributed by atoms with Gasteiger partial charge >= 0.3 is 11.9 Å². The molecule has 2 heterocycles. The lowest BCUT2D eigenvalue weighted by Gasteiger charge is -2.41. The zero-order valence-corrected chi connectivity index (χ0v) is 22.4. The summed E-state index contributed by atoms with van der Waals surface area (Å²) in [6, 6.07) is 0. The molecule has 16 nitrogen and oxygen atoms in total. The molecule has 0 aliphatic carbocycles. The van der Waals surface area contributed by atoms with Gasteiger partial charge in [0.05, 0.1) is 13.2 Å². The SMILES string of the molecule is COCC1OC(OC)C(O)C(O)C1O.COCC1OC(OC)C(O)C(OCC(=O)O)C1O.O=C(O)CBr. The molecule has 0 aromatic heterocycles. The lowest BCUT2D eigenvalue weighted by molar-refractivity contribution is -0.302. The minimum atomic E-state index is -1.28. The number of ether oxygens (including phenoxy) is 7. The fourth-order valence-electron chi connectivity index (χ4n) is 3.18. The first-order valence-corrected chi connectivity index (χ1v) is 11.9. The number of aliphatic hydroxyl groups excluding tert-OH is 5. The second kappa shape index (κ2) is 19.1. The predicted octanol–water partition coefficient (Wildman–Crippen LogP) is -3.25. The zero-order chi connectivity index (χ0) is 28.7. The molecule has 10 atom stereocenters. The average molecular weight is 613 g/mol. The summed E-state index contributed by atoms with van der Waals surface area (Å²) in [5, 5.41) is 64.3. The number of hydrogen-bond acceptors (Lipinski definition) is 14. The van der Waals surface area contributed by atoms with Crippen LogP contribution in [0.2, 0.25) is 0 Å². The van der Waals surface area contributed by atoms with Crippen molar-refractivity contribution >= 4 is 27.9 Å². The molecule has 0 radical (unpaired) electrons. The summed E-state index contributed by atoms with van der Waals surface area (Å²) in [5.41, 5.74) is 0. The standard InChI is InChI=1S/C10H18O8.C8H16O6.C2H3BrO2/c1-15-3-5-7(13)9(17-4-6(11)12)8(14)10(16-2)18-5;1-12-3-4-5(9)6(10)7(11)8(13-2)14-4;3-1-2(4)5/h5,7-10,13-14H,3-4H2,1-2H3,(H,11,12);4-11H,3H2,1-2H3;1H2,(H,4,5). The summed E-state index contributed by atoms with van der Waals surface area (Å²) < 4.78 is 34.7. The Morgan fingerprint density at radius 1 is 0.703 bits per heavy atom. The van der Waals surface area contributed by atoms with Crippen LogP contribution in [0.25, 0.3) is 0 Å². The molecule has 37 heavy (non-hydrogen) atoms. The van der Waals surface area contributed by atoms with Crippen LogP contribution in [0.5, 0.6) is 0 Å². The largest absolute Gasteiger partial charge is 0.481 e.